The molecule has 0 bridgehead atoms. The fourth-order valence-electron chi connectivity index (χ4n) is 3.06. The average molecular weight is 378 g/mol. The lowest BCUT2D eigenvalue weighted by molar-refractivity contribution is -0.121. The molecule has 0 radical (unpaired) electrons. The van der Waals surface area contributed by atoms with Gasteiger partial charge in [-0.25, -0.2) is 4.79 Å². The third-order valence-electron chi connectivity index (χ3n) is 4.40. The van der Waals surface area contributed by atoms with Crippen LogP contribution in [0.5, 0.6) is 0 Å². The Morgan fingerprint density at radius 3 is 1.84 bits per heavy atom. The molecule has 2 aromatic rings. The number of hydrogen-bond donors (Lipinski definition) is 1. The summed E-state index contributed by atoms with van der Waals surface area (Å²) in [4.78, 5) is 27.4. The molecule has 1 aliphatic rings. The minimum atomic E-state index is -0.658. The van der Waals surface area contributed by atoms with E-state index in [0.717, 1.165) is 11.1 Å². The molecule has 130 valence electrons. The lowest BCUT2D eigenvalue weighted by Gasteiger charge is -2.28. The highest BCUT2D eigenvalue weighted by molar-refractivity contribution is 6.30. The maximum Gasteiger partial charge on any atom is 0.321 e. The number of carbonyl (C=O) groups excluding carboxylic acids is 2. The number of halogens is 2. The normalized spacial score (nSPS) is 17.4. The first-order valence-electron chi connectivity index (χ1n) is 7.72. The van der Waals surface area contributed by atoms with Crippen molar-refractivity contribution in [1.29, 1.82) is 0 Å². The second-order valence-electron chi connectivity index (χ2n) is 5.97. The first-order valence-corrected chi connectivity index (χ1v) is 8.47. The zero-order valence-electron chi connectivity index (χ0n) is 13.5. The standard InChI is InChI=1S/C18H17Cl2N3O2/c1-22-15(17(21)24)10-23(18(22)25)16(11-2-6-13(19)7-3-11)12-4-8-14(20)9-5-12/h2-9,15-16H,10H2,1H3,(H2,21,24). The van der Waals surface area contributed by atoms with Crippen LogP contribution in [0.15, 0.2) is 48.5 Å². The minimum absolute atomic E-state index is 0.223. The lowest BCUT2D eigenvalue weighted by Crippen LogP contribution is -2.40. The SMILES string of the molecule is CN1C(=O)N(C(c2ccc(Cl)cc2)c2ccc(Cl)cc2)CC1C(N)=O. The quantitative estimate of drug-likeness (QED) is 0.887. The molecule has 7 heteroatoms. The second kappa shape index (κ2) is 6.94. The Labute approximate surface area is 155 Å². The molecule has 2 N–H and O–H groups in total. The van der Waals surface area contributed by atoms with Crippen LogP contribution < -0.4 is 5.73 Å². The van der Waals surface area contributed by atoms with Gasteiger partial charge in [-0.3, -0.25) is 4.79 Å². The van der Waals surface area contributed by atoms with Crippen molar-refractivity contribution in [2.24, 2.45) is 5.73 Å². The molecule has 1 heterocycles. The number of benzene rings is 2. The van der Waals surface area contributed by atoms with Crippen LogP contribution in [-0.4, -0.2) is 41.4 Å². The van der Waals surface area contributed by atoms with Crippen molar-refractivity contribution in [3.8, 4) is 0 Å². The van der Waals surface area contributed by atoms with Crippen LogP contribution in [0.1, 0.15) is 17.2 Å². The predicted molar refractivity (Wildman–Crippen MR) is 97.6 cm³/mol. The lowest BCUT2D eigenvalue weighted by atomic mass is 9.97. The van der Waals surface area contributed by atoms with Gasteiger partial charge in [-0.15, -0.1) is 0 Å². The second-order valence-corrected chi connectivity index (χ2v) is 6.84. The van der Waals surface area contributed by atoms with Gasteiger partial charge < -0.3 is 15.5 Å². The number of likely N-dealkylation sites (N-methyl/N-ethyl adjacent to an activating group) is 1. The molecule has 25 heavy (non-hydrogen) atoms. The summed E-state index contributed by atoms with van der Waals surface area (Å²) < 4.78 is 0. The number of primary amides is 1. The van der Waals surface area contributed by atoms with Gasteiger partial charge in [-0.05, 0) is 35.4 Å². The monoisotopic (exact) mass is 377 g/mol. The number of rotatable bonds is 4. The number of nitrogens with zero attached hydrogens (tertiary/aromatic N) is 2. The Hall–Kier alpha value is -2.24. The topological polar surface area (TPSA) is 66.6 Å². The van der Waals surface area contributed by atoms with Crippen LogP contribution in [0, 0.1) is 0 Å². The van der Waals surface area contributed by atoms with Crippen molar-refractivity contribution < 1.29 is 9.59 Å². The summed E-state index contributed by atoms with van der Waals surface area (Å²) in [7, 11) is 1.58. The molecule has 0 saturated carbocycles. The molecule has 5 nitrogen and oxygen atoms in total. The average Bonchev–Trinajstić information content (AvgIpc) is 2.87. The van der Waals surface area contributed by atoms with E-state index in [2.05, 4.69) is 0 Å². The molecule has 3 amide bonds. The summed E-state index contributed by atoms with van der Waals surface area (Å²) in [5.41, 5.74) is 7.21. The van der Waals surface area contributed by atoms with E-state index in [1.165, 1.54) is 4.90 Å². The third kappa shape index (κ3) is 3.43. The molecular formula is C18H17Cl2N3O2. The Morgan fingerprint density at radius 1 is 1.04 bits per heavy atom. The first kappa shape index (κ1) is 17.6. The summed E-state index contributed by atoms with van der Waals surface area (Å²) in [5.74, 6) is -0.524. The molecule has 1 unspecified atom stereocenters. The van der Waals surface area contributed by atoms with E-state index in [-0.39, 0.29) is 18.6 Å². The third-order valence-corrected chi connectivity index (χ3v) is 4.90. The minimum Gasteiger partial charge on any atom is -0.368 e. The molecule has 1 aliphatic heterocycles. The molecule has 0 aromatic heterocycles. The van der Waals surface area contributed by atoms with Gasteiger partial charge in [0, 0.05) is 17.1 Å². The number of nitrogens with two attached hydrogens (primary N) is 1. The van der Waals surface area contributed by atoms with E-state index < -0.39 is 11.9 Å². The highest BCUT2D eigenvalue weighted by Crippen LogP contribution is 2.34. The summed E-state index contributed by atoms with van der Waals surface area (Å²) in [5, 5.41) is 1.22. The Bertz CT molecular complexity index is 747. The van der Waals surface area contributed by atoms with Crippen LogP contribution in [0.25, 0.3) is 0 Å². The van der Waals surface area contributed by atoms with E-state index in [0.29, 0.717) is 10.0 Å². The van der Waals surface area contributed by atoms with E-state index >= 15 is 0 Å². The number of amides is 3. The van der Waals surface area contributed by atoms with Crippen molar-refractivity contribution in [2.75, 3.05) is 13.6 Å². The maximum absolute atomic E-state index is 12.7. The molecule has 0 spiro atoms. The number of urea groups is 1. The van der Waals surface area contributed by atoms with Gasteiger partial charge in [0.05, 0.1) is 12.6 Å². The molecule has 1 fully saturated rings. The maximum atomic E-state index is 12.7. The van der Waals surface area contributed by atoms with Crippen molar-refractivity contribution in [3.05, 3.63) is 69.7 Å². The molecule has 1 atom stereocenters. The van der Waals surface area contributed by atoms with Gasteiger partial charge in [-0.2, -0.15) is 0 Å². The van der Waals surface area contributed by atoms with Crippen LogP contribution in [0.3, 0.4) is 0 Å². The van der Waals surface area contributed by atoms with E-state index in [9.17, 15) is 9.59 Å². The Morgan fingerprint density at radius 2 is 1.48 bits per heavy atom. The van der Waals surface area contributed by atoms with Gasteiger partial charge in [0.2, 0.25) is 5.91 Å². The van der Waals surface area contributed by atoms with Crippen molar-refractivity contribution in [1.82, 2.24) is 9.80 Å². The summed E-state index contributed by atoms with van der Waals surface area (Å²) in [6, 6.07) is 13.3. The molecule has 0 aliphatic carbocycles. The molecule has 3 rings (SSSR count). The number of hydrogen-bond acceptors (Lipinski definition) is 2. The van der Waals surface area contributed by atoms with Crippen LogP contribution in [-0.2, 0) is 4.79 Å². The van der Waals surface area contributed by atoms with Gasteiger partial charge >= 0.3 is 6.03 Å². The summed E-state index contributed by atoms with van der Waals surface area (Å²) in [6.07, 6.45) is 0. The fraction of sp³-hybridized carbons (Fsp3) is 0.222. The van der Waals surface area contributed by atoms with Gasteiger partial charge in [-0.1, -0.05) is 47.5 Å². The van der Waals surface area contributed by atoms with E-state index in [4.69, 9.17) is 28.9 Å². The van der Waals surface area contributed by atoms with Crippen molar-refractivity contribution in [2.45, 2.75) is 12.1 Å². The van der Waals surface area contributed by atoms with E-state index in [1.54, 1.807) is 36.2 Å². The Balaban J connectivity index is 2.05. The van der Waals surface area contributed by atoms with Gasteiger partial charge in [0.25, 0.3) is 0 Å². The van der Waals surface area contributed by atoms with E-state index in [1.807, 2.05) is 24.3 Å². The largest absolute Gasteiger partial charge is 0.368 e. The fourth-order valence-corrected chi connectivity index (χ4v) is 3.31. The van der Waals surface area contributed by atoms with Crippen molar-refractivity contribution >= 4 is 35.1 Å². The van der Waals surface area contributed by atoms with Crippen LogP contribution >= 0.6 is 23.2 Å². The smallest absolute Gasteiger partial charge is 0.321 e. The predicted octanol–water partition coefficient (Wildman–Crippen LogP) is 3.30. The first-order chi connectivity index (χ1) is 11.9. The summed E-state index contributed by atoms with van der Waals surface area (Å²) in [6.45, 7) is 0.223. The molecular weight excluding hydrogens is 361 g/mol. The highest BCUT2D eigenvalue weighted by Gasteiger charge is 2.42. The zero-order valence-corrected chi connectivity index (χ0v) is 15.0. The van der Waals surface area contributed by atoms with Gasteiger partial charge in [0.15, 0.2) is 0 Å². The Kier molecular flexibility index (Phi) is 4.88. The molecule has 2 aromatic carbocycles. The summed E-state index contributed by atoms with van der Waals surface area (Å²) >= 11 is 12.0. The van der Waals surface area contributed by atoms with Crippen LogP contribution in [0.4, 0.5) is 4.79 Å². The van der Waals surface area contributed by atoms with Crippen LogP contribution in [0.2, 0.25) is 10.0 Å². The molecule has 1 saturated heterocycles. The zero-order chi connectivity index (χ0) is 18.1. The van der Waals surface area contributed by atoms with Crippen molar-refractivity contribution in [3.63, 3.8) is 0 Å². The van der Waals surface area contributed by atoms with Gasteiger partial charge in [0.1, 0.15) is 6.04 Å². The highest BCUT2D eigenvalue weighted by atomic mass is 35.5. The number of carbonyl (C=O) groups is 2.